The molecule has 0 N–H and O–H groups in total. The number of hydrogen-bond donors (Lipinski definition) is 0. The quantitative estimate of drug-likeness (QED) is 0.479. The van der Waals surface area contributed by atoms with Crippen LogP contribution in [0.15, 0.2) is 34.0 Å². The predicted octanol–water partition coefficient (Wildman–Crippen LogP) is 3.57. The molecule has 0 amide bonds. The van der Waals surface area contributed by atoms with Gasteiger partial charge in [-0.15, -0.1) is 0 Å². The number of carbonyl (C=O) groups is 1. The highest BCUT2D eigenvalue weighted by atomic mass is 16.5. The zero-order chi connectivity index (χ0) is 15.6. The molecule has 0 bridgehead atoms. The van der Waals surface area contributed by atoms with E-state index < -0.39 is 5.63 Å². The van der Waals surface area contributed by atoms with E-state index in [1.165, 1.54) is 6.07 Å². The van der Waals surface area contributed by atoms with Crippen LogP contribution in [0.3, 0.4) is 0 Å². The fourth-order valence-corrected chi connectivity index (χ4v) is 2.32. The van der Waals surface area contributed by atoms with E-state index in [9.17, 15) is 9.59 Å². The molecule has 0 fully saturated rings. The van der Waals surface area contributed by atoms with Gasteiger partial charge in [0.15, 0.2) is 5.78 Å². The van der Waals surface area contributed by atoms with Crippen LogP contribution in [0.1, 0.15) is 34.8 Å². The summed E-state index contributed by atoms with van der Waals surface area (Å²) >= 11 is 0. The Balaban J connectivity index is 2.83. The molecule has 0 atom stereocenters. The topological polar surface area (TPSA) is 56.5 Å². The van der Waals surface area contributed by atoms with Crippen molar-refractivity contribution in [2.24, 2.45) is 0 Å². The molecule has 0 saturated carbocycles. The third-order valence-corrected chi connectivity index (χ3v) is 3.39. The molecule has 1 aromatic heterocycles. The maximum atomic E-state index is 12.2. The van der Waals surface area contributed by atoms with Crippen molar-refractivity contribution in [3.05, 3.63) is 51.9 Å². The number of benzene rings is 1. The molecule has 21 heavy (non-hydrogen) atoms. The Morgan fingerprint density at radius 2 is 2.10 bits per heavy atom. The second-order valence-electron chi connectivity index (χ2n) is 4.88. The molecule has 0 unspecified atom stereocenters. The average molecular weight is 286 g/mol. The highest BCUT2D eigenvalue weighted by Crippen LogP contribution is 2.33. The molecular weight excluding hydrogens is 268 g/mol. The van der Waals surface area contributed by atoms with Crippen LogP contribution in [-0.4, -0.2) is 12.4 Å². The summed E-state index contributed by atoms with van der Waals surface area (Å²) in [6, 6.07) is 3.16. The van der Waals surface area contributed by atoms with Crippen molar-refractivity contribution in [3.63, 3.8) is 0 Å². The van der Waals surface area contributed by atoms with Crippen molar-refractivity contribution in [2.45, 2.75) is 27.2 Å². The predicted molar refractivity (Wildman–Crippen MR) is 82.3 cm³/mol. The summed E-state index contributed by atoms with van der Waals surface area (Å²) in [5, 5.41) is 0.759. The number of ketones is 1. The minimum Gasteiger partial charge on any atom is -0.488 e. The molecule has 2 aromatic rings. The average Bonchev–Trinajstić information content (AvgIpc) is 2.46. The van der Waals surface area contributed by atoms with Crippen molar-refractivity contribution < 1.29 is 13.9 Å². The van der Waals surface area contributed by atoms with Crippen LogP contribution in [0.5, 0.6) is 5.75 Å². The molecule has 0 aliphatic carbocycles. The van der Waals surface area contributed by atoms with Crippen molar-refractivity contribution in [2.75, 3.05) is 6.61 Å². The molecule has 0 saturated heterocycles. The lowest BCUT2D eigenvalue weighted by molar-refractivity contribution is 0.0984. The van der Waals surface area contributed by atoms with Crippen LogP contribution in [0.2, 0.25) is 0 Å². The van der Waals surface area contributed by atoms with E-state index >= 15 is 0 Å². The summed E-state index contributed by atoms with van der Waals surface area (Å²) in [6.45, 7) is 9.30. The Labute approximate surface area is 123 Å². The van der Waals surface area contributed by atoms with E-state index in [-0.39, 0.29) is 12.4 Å². The van der Waals surface area contributed by atoms with E-state index in [2.05, 4.69) is 6.58 Å². The fourth-order valence-electron chi connectivity index (χ4n) is 2.32. The maximum absolute atomic E-state index is 12.2. The largest absolute Gasteiger partial charge is 0.488 e. The van der Waals surface area contributed by atoms with Gasteiger partial charge in [-0.3, -0.25) is 4.79 Å². The lowest BCUT2D eigenvalue weighted by atomic mass is 9.99. The smallest absolute Gasteiger partial charge is 0.336 e. The van der Waals surface area contributed by atoms with Crippen molar-refractivity contribution >= 4 is 16.8 Å². The maximum Gasteiger partial charge on any atom is 0.336 e. The Morgan fingerprint density at radius 1 is 1.38 bits per heavy atom. The van der Waals surface area contributed by atoms with Crippen LogP contribution in [-0.2, 0) is 0 Å². The lowest BCUT2D eigenvalue weighted by Crippen LogP contribution is -2.07. The molecule has 4 heteroatoms. The summed E-state index contributed by atoms with van der Waals surface area (Å²) < 4.78 is 10.9. The van der Waals surface area contributed by atoms with Gasteiger partial charge in [-0.1, -0.05) is 19.6 Å². The highest BCUT2D eigenvalue weighted by molar-refractivity contribution is 6.03. The SMILES string of the molecule is C=CCOc1c(C(=O)CC)cc2c(C)cc(=O)oc2c1C. The van der Waals surface area contributed by atoms with Gasteiger partial charge >= 0.3 is 5.63 Å². The number of rotatable bonds is 5. The van der Waals surface area contributed by atoms with E-state index in [0.29, 0.717) is 28.9 Å². The van der Waals surface area contributed by atoms with E-state index in [1.54, 1.807) is 26.0 Å². The first-order valence-electron chi connectivity index (χ1n) is 6.84. The normalized spacial score (nSPS) is 10.6. The second-order valence-corrected chi connectivity index (χ2v) is 4.88. The highest BCUT2D eigenvalue weighted by Gasteiger charge is 2.19. The van der Waals surface area contributed by atoms with Crippen molar-refractivity contribution in [1.29, 1.82) is 0 Å². The summed E-state index contributed by atoms with van der Waals surface area (Å²) in [5.74, 6) is 0.452. The second kappa shape index (κ2) is 5.95. The fraction of sp³-hybridized carbons (Fsp3) is 0.294. The number of aryl methyl sites for hydroxylation is 2. The number of hydrogen-bond acceptors (Lipinski definition) is 4. The number of fused-ring (bicyclic) bond motifs is 1. The zero-order valence-electron chi connectivity index (χ0n) is 12.5. The molecule has 0 spiro atoms. The molecule has 0 aliphatic rings. The molecular formula is C17H18O4. The van der Waals surface area contributed by atoms with E-state index in [4.69, 9.17) is 9.15 Å². The Morgan fingerprint density at radius 3 is 2.71 bits per heavy atom. The Hall–Kier alpha value is -2.36. The molecule has 2 rings (SSSR count). The van der Waals surface area contributed by atoms with Crippen molar-refractivity contribution in [3.8, 4) is 5.75 Å². The molecule has 0 aliphatic heterocycles. The van der Waals surface area contributed by atoms with Gasteiger partial charge in [0.2, 0.25) is 0 Å². The van der Waals surface area contributed by atoms with Crippen LogP contribution < -0.4 is 10.4 Å². The Kier molecular flexibility index (Phi) is 4.26. The zero-order valence-corrected chi connectivity index (χ0v) is 12.5. The molecule has 1 heterocycles. The number of ether oxygens (including phenoxy) is 1. The first kappa shape index (κ1) is 15.0. The van der Waals surface area contributed by atoms with Gasteiger partial charge in [0, 0.05) is 23.4 Å². The molecule has 1 aromatic carbocycles. The lowest BCUT2D eigenvalue weighted by Gasteiger charge is -2.14. The van der Waals surface area contributed by atoms with Crippen molar-refractivity contribution in [1.82, 2.24) is 0 Å². The monoisotopic (exact) mass is 286 g/mol. The Bertz CT molecular complexity index is 768. The summed E-state index contributed by atoms with van der Waals surface area (Å²) in [6.07, 6.45) is 1.99. The van der Waals surface area contributed by atoms with Gasteiger partial charge in [0.05, 0.1) is 5.56 Å². The number of Topliss-reactive ketones (excluding diaryl/α,β-unsaturated/α-hetero) is 1. The minimum absolute atomic E-state index is 0.00957. The van der Waals surface area contributed by atoms with Crippen LogP contribution in [0, 0.1) is 13.8 Å². The third kappa shape index (κ3) is 2.75. The molecule has 0 radical (unpaired) electrons. The standard InChI is InChI=1S/C17H18O4/c1-5-7-20-16-11(4)17-12(9-13(16)14(18)6-2)10(3)8-15(19)21-17/h5,8-9H,1,6-7H2,2-4H3. The first-order valence-corrected chi connectivity index (χ1v) is 6.84. The van der Waals surface area contributed by atoms with Crippen LogP contribution in [0.25, 0.3) is 11.0 Å². The van der Waals surface area contributed by atoms with Gasteiger partial charge in [-0.2, -0.15) is 0 Å². The minimum atomic E-state index is -0.410. The van der Waals surface area contributed by atoms with Gasteiger partial charge in [0.1, 0.15) is 17.9 Å². The van der Waals surface area contributed by atoms with E-state index in [1.807, 2.05) is 6.92 Å². The van der Waals surface area contributed by atoms with Crippen LogP contribution >= 0.6 is 0 Å². The molecule has 4 nitrogen and oxygen atoms in total. The third-order valence-electron chi connectivity index (χ3n) is 3.39. The van der Waals surface area contributed by atoms with Gasteiger partial charge in [-0.05, 0) is 25.5 Å². The van der Waals surface area contributed by atoms with Crippen LogP contribution in [0.4, 0.5) is 0 Å². The summed E-state index contributed by atoms with van der Waals surface area (Å²) in [4.78, 5) is 23.7. The van der Waals surface area contributed by atoms with Gasteiger partial charge in [0.25, 0.3) is 0 Å². The van der Waals surface area contributed by atoms with E-state index in [0.717, 1.165) is 10.9 Å². The number of carbonyl (C=O) groups excluding carboxylic acids is 1. The van der Waals surface area contributed by atoms with Gasteiger partial charge in [-0.25, -0.2) is 4.79 Å². The summed E-state index contributed by atoms with van der Waals surface area (Å²) in [7, 11) is 0. The summed E-state index contributed by atoms with van der Waals surface area (Å²) in [5.41, 5.74) is 2.01. The first-order chi connectivity index (χ1) is 9.99. The van der Waals surface area contributed by atoms with Gasteiger partial charge < -0.3 is 9.15 Å². The molecule has 110 valence electrons.